The van der Waals surface area contributed by atoms with E-state index < -0.39 is 84.6 Å². The van der Waals surface area contributed by atoms with Crippen molar-refractivity contribution in [2.45, 2.75) is 150 Å². The number of nitrogen functional groups attached to an aromatic ring is 1. The molecule has 7 atom stereocenters. The van der Waals surface area contributed by atoms with E-state index in [4.69, 9.17) is 10.5 Å². The number of aryl methyl sites for hydroxylation is 2. The van der Waals surface area contributed by atoms with Crippen LogP contribution in [-0.4, -0.2) is 98.0 Å². The lowest BCUT2D eigenvalue weighted by Crippen LogP contribution is -2.46. The van der Waals surface area contributed by atoms with E-state index in [2.05, 4.69) is 102 Å². The maximum absolute atomic E-state index is 12.8. The standard InChI is InChI=1S/C44H72N7O17P3/c1-42(2,3)20-10-8-12-29-14-16-30(17-15-29)13-9-11-21-43(4,5)24-31(52)18-22-46-33(53)19-23-47-40(56)37(55)44(6,7)26-65-71(62,63)68-70(60,61)64-25-32-36(67-69(57,58)59)35(54)41(66-32)51-28-50-34-38(45)48-27-49-39(34)51/h14-17,27-28,32,35-37,41,54-55H,8-13,18-26H2,1-7H3,(H,46,53)(H,47,56)(H,60,61)(H,62,63)(H2,45,48,49)(H2,57,58,59)/p-4. The molecule has 2 aromatic heterocycles. The minimum absolute atomic E-state index is 0.00469. The third-order valence-corrected chi connectivity index (χ3v) is 14.7. The molecule has 0 spiro atoms. The SMILES string of the molecule is CC(C)(C)CCCCc1ccc(CCCCC(C)(C)CC(=O)CCNC(=O)CCNC(=O)C(O)C(C)(C)COP(=O)([O-])OP(=O)([O-])OCC2OC(n3cnc4c(N)ncnc43)C(O)C2OP(=O)([O-])[O-])cc1. The van der Waals surface area contributed by atoms with Gasteiger partial charge in [0.25, 0.3) is 15.6 Å². The van der Waals surface area contributed by atoms with Crippen LogP contribution in [0.4, 0.5) is 5.82 Å². The normalized spacial score (nSPS) is 20.1. The molecule has 24 nitrogen and oxygen atoms in total. The van der Waals surface area contributed by atoms with E-state index in [-0.39, 0.29) is 54.1 Å². The predicted molar refractivity (Wildman–Crippen MR) is 250 cm³/mol. The van der Waals surface area contributed by atoms with Crippen molar-refractivity contribution in [2.75, 3.05) is 32.0 Å². The second kappa shape index (κ2) is 25.6. The van der Waals surface area contributed by atoms with Crippen LogP contribution < -0.4 is 35.9 Å². The number of benzene rings is 1. The largest absolute Gasteiger partial charge is 0.790 e. The number of phosphoric ester groups is 3. The number of hydrogen-bond acceptors (Lipinski definition) is 21. The Bertz CT molecular complexity index is 2390. The van der Waals surface area contributed by atoms with Gasteiger partial charge in [0.05, 0.1) is 27.4 Å². The molecule has 1 aliphatic heterocycles. The molecule has 3 aromatic rings. The summed E-state index contributed by atoms with van der Waals surface area (Å²) < 4.78 is 61.0. The molecule has 71 heavy (non-hydrogen) atoms. The van der Waals surface area contributed by atoms with Crippen LogP contribution in [0, 0.1) is 16.2 Å². The first kappa shape index (κ1) is 60.0. The Morgan fingerprint density at radius 2 is 1.44 bits per heavy atom. The highest BCUT2D eigenvalue weighted by atomic mass is 31.3. The van der Waals surface area contributed by atoms with Crippen molar-refractivity contribution in [1.29, 1.82) is 0 Å². The number of carbonyl (C=O) groups is 3. The number of rotatable bonds is 30. The summed E-state index contributed by atoms with van der Waals surface area (Å²) in [6, 6.07) is 8.87. The van der Waals surface area contributed by atoms with Crippen molar-refractivity contribution in [2.24, 2.45) is 16.2 Å². The number of unbranched alkanes of at least 4 members (excludes halogenated alkanes) is 2. The summed E-state index contributed by atoms with van der Waals surface area (Å²) >= 11 is 0. The maximum Gasteiger partial charge on any atom is 0.274 e. The van der Waals surface area contributed by atoms with Crippen LogP contribution in [0.5, 0.6) is 0 Å². The minimum atomic E-state index is -5.93. The zero-order valence-electron chi connectivity index (χ0n) is 41.2. The summed E-state index contributed by atoms with van der Waals surface area (Å²) in [4.78, 5) is 97.8. The molecule has 6 N–H and O–H groups in total. The number of aliphatic hydroxyl groups excluding tert-OH is 2. The molecular weight excluding hydrogens is 991 g/mol. The summed E-state index contributed by atoms with van der Waals surface area (Å²) in [5, 5.41) is 26.5. The van der Waals surface area contributed by atoms with Crippen molar-refractivity contribution in [3.05, 3.63) is 48.0 Å². The highest BCUT2D eigenvalue weighted by Crippen LogP contribution is 2.56. The fourth-order valence-corrected chi connectivity index (χ4v) is 10.5. The molecule has 27 heteroatoms. The third-order valence-electron chi connectivity index (χ3n) is 11.7. The fourth-order valence-electron chi connectivity index (χ4n) is 7.76. The summed E-state index contributed by atoms with van der Waals surface area (Å²) in [7, 11) is -17.6. The molecule has 3 heterocycles. The van der Waals surface area contributed by atoms with Crippen molar-refractivity contribution in [3.63, 3.8) is 0 Å². The number of nitrogens with one attached hydrogen (secondary N) is 2. The van der Waals surface area contributed by atoms with Crippen molar-refractivity contribution >= 4 is 58.0 Å². The molecule has 0 radical (unpaired) electrons. The van der Waals surface area contributed by atoms with Gasteiger partial charge in [-0.25, -0.2) is 19.3 Å². The number of imidazole rings is 1. The van der Waals surface area contributed by atoms with Gasteiger partial charge in [0.15, 0.2) is 17.7 Å². The molecule has 400 valence electrons. The smallest absolute Gasteiger partial charge is 0.274 e. The molecule has 1 saturated heterocycles. The molecule has 0 saturated carbocycles. The average molecular weight is 1060 g/mol. The number of hydrogen-bond donors (Lipinski definition) is 5. The molecule has 0 bridgehead atoms. The Morgan fingerprint density at radius 3 is 2.04 bits per heavy atom. The van der Waals surface area contributed by atoms with Crippen LogP contribution in [0.3, 0.4) is 0 Å². The zero-order valence-corrected chi connectivity index (χ0v) is 43.9. The topological polar surface area (TPSA) is 375 Å². The molecule has 1 aromatic carbocycles. The second-order valence-electron chi connectivity index (χ2n) is 20.4. The van der Waals surface area contributed by atoms with Gasteiger partial charge in [0, 0.05) is 37.8 Å². The number of fused-ring (bicyclic) bond motifs is 1. The summed E-state index contributed by atoms with van der Waals surface area (Å²) in [6.07, 6.45) is 1.41. The summed E-state index contributed by atoms with van der Waals surface area (Å²) in [5.41, 5.74) is 6.90. The lowest BCUT2D eigenvalue weighted by Gasteiger charge is -2.36. The number of amides is 2. The first-order valence-corrected chi connectivity index (χ1v) is 27.7. The van der Waals surface area contributed by atoms with E-state index in [1.54, 1.807) is 0 Å². The molecule has 7 unspecified atom stereocenters. The summed E-state index contributed by atoms with van der Waals surface area (Å²) in [5.74, 6) is -1.57. The fraction of sp³-hybridized carbons (Fsp3) is 0.682. The van der Waals surface area contributed by atoms with Gasteiger partial charge in [-0.05, 0) is 60.5 Å². The van der Waals surface area contributed by atoms with Crippen LogP contribution in [0.15, 0.2) is 36.9 Å². The second-order valence-corrected chi connectivity index (χ2v) is 24.5. The molecule has 2 amide bonds. The van der Waals surface area contributed by atoms with Crippen LogP contribution in [0.25, 0.3) is 11.2 Å². The van der Waals surface area contributed by atoms with Gasteiger partial charge in [-0.15, -0.1) is 0 Å². The van der Waals surface area contributed by atoms with Crippen LogP contribution in [0.2, 0.25) is 0 Å². The zero-order chi connectivity index (χ0) is 53.0. The molecule has 1 fully saturated rings. The van der Waals surface area contributed by atoms with E-state index >= 15 is 0 Å². The van der Waals surface area contributed by atoms with E-state index in [0.29, 0.717) is 11.8 Å². The minimum Gasteiger partial charge on any atom is -0.790 e. The number of anilines is 1. The van der Waals surface area contributed by atoms with Gasteiger partial charge in [-0.3, -0.25) is 28.1 Å². The predicted octanol–water partition coefficient (Wildman–Crippen LogP) is 2.42. The Morgan fingerprint density at radius 1 is 0.845 bits per heavy atom. The quantitative estimate of drug-likeness (QED) is 0.0473. The Labute approximate surface area is 413 Å². The number of aliphatic hydroxyl groups is 2. The number of nitrogens with two attached hydrogens (primary N) is 1. The average Bonchev–Trinajstić information content (AvgIpc) is 3.82. The van der Waals surface area contributed by atoms with Gasteiger partial charge < -0.3 is 69.0 Å². The van der Waals surface area contributed by atoms with Gasteiger partial charge in [0.2, 0.25) is 11.8 Å². The lowest BCUT2D eigenvalue weighted by molar-refractivity contribution is -0.347. The van der Waals surface area contributed by atoms with Gasteiger partial charge in [-0.1, -0.05) is 85.6 Å². The van der Waals surface area contributed by atoms with Crippen LogP contribution >= 0.6 is 23.5 Å². The van der Waals surface area contributed by atoms with Crippen LogP contribution in [0.1, 0.15) is 124 Å². The monoisotopic (exact) mass is 1060 g/mol. The van der Waals surface area contributed by atoms with Gasteiger partial charge in [0.1, 0.15) is 42.0 Å². The van der Waals surface area contributed by atoms with E-state index in [0.717, 1.165) is 49.3 Å². The molecule has 0 aliphatic carbocycles. The lowest BCUT2D eigenvalue weighted by atomic mass is 9.81. The summed E-state index contributed by atoms with van der Waals surface area (Å²) in [6.45, 7) is 10.9. The first-order chi connectivity index (χ1) is 32.9. The Kier molecular flexibility index (Phi) is 21.6. The number of carbonyl (C=O) groups excluding carboxylic acids is 3. The number of nitrogens with zero attached hydrogens (tertiary/aromatic N) is 4. The number of Topliss-reactive ketones (excluding diaryl/α,β-unsaturated/α-hetero) is 1. The number of aromatic nitrogens is 4. The van der Waals surface area contributed by atoms with E-state index in [1.165, 1.54) is 44.2 Å². The third kappa shape index (κ3) is 20.3. The number of ether oxygens (including phenoxy) is 1. The highest BCUT2D eigenvalue weighted by Gasteiger charge is 2.47. The maximum atomic E-state index is 12.8. The molecular formula is C44H68N7O17P3-4. The van der Waals surface area contributed by atoms with E-state index in [1.807, 2.05) is 0 Å². The number of ketones is 1. The Hall–Kier alpha value is -3.57. The van der Waals surface area contributed by atoms with Crippen molar-refractivity contribution < 1.29 is 80.5 Å². The first-order valence-electron chi connectivity index (χ1n) is 23.3. The van der Waals surface area contributed by atoms with Crippen molar-refractivity contribution in [1.82, 2.24) is 30.2 Å². The van der Waals surface area contributed by atoms with E-state index in [9.17, 15) is 57.9 Å². The van der Waals surface area contributed by atoms with Gasteiger partial charge >= 0.3 is 0 Å². The Balaban J connectivity index is 1.12. The number of phosphoric acid groups is 3. The van der Waals surface area contributed by atoms with Gasteiger partial charge in [-0.2, -0.15) is 0 Å². The highest BCUT2D eigenvalue weighted by molar-refractivity contribution is 7.59. The van der Waals surface area contributed by atoms with Crippen molar-refractivity contribution in [3.8, 4) is 0 Å². The van der Waals surface area contributed by atoms with Crippen LogP contribution in [-0.2, 0) is 63.5 Å². The molecule has 1 aliphatic rings. The molecule has 4 rings (SSSR count).